The number of rotatable bonds is 6. The fourth-order valence-corrected chi connectivity index (χ4v) is 5.08. The van der Waals surface area contributed by atoms with E-state index in [1.807, 2.05) is 24.3 Å². The number of aryl methyl sites for hydroxylation is 1. The van der Waals surface area contributed by atoms with Crippen LogP contribution in [-0.4, -0.2) is 39.7 Å². The summed E-state index contributed by atoms with van der Waals surface area (Å²) in [5, 5.41) is 3.93. The number of nitrogens with one attached hydrogen (secondary N) is 1. The minimum atomic E-state index is -0.106. The first-order valence-corrected chi connectivity index (χ1v) is 11.8. The number of nitrogens with zero attached hydrogens (tertiary/aromatic N) is 2. The van der Waals surface area contributed by atoms with Crippen LogP contribution in [-0.2, 0) is 22.5 Å². The zero-order valence-corrected chi connectivity index (χ0v) is 18.3. The van der Waals surface area contributed by atoms with Gasteiger partial charge in [0.1, 0.15) is 0 Å². The normalized spacial score (nSPS) is 17.9. The molecule has 164 valence electrons. The molecular weight excluding hydrogens is 426 g/mol. The standard InChI is InChI=1S/C24H23N3O4S/c28-21(16-7-9-19-15(12-16)8-10-22(29)25-19)14-32-24-26-20-6-2-1-5-18(20)23(30)27(24)13-17-4-3-11-31-17/h1-2,5-7,9,12,17H,3-4,8,10-11,13-14H2,(H,25,29). The fourth-order valence-electron chi connectivity index (χ4n) is 4.18. The number of amides is 1. The number of carbonyl (C=O) groups excluding carboxylic acids is 2. The van der Waals surface area contributed by atoms with Crippen LogP contribution in [0.4, 0.5) is 5.69 Å². The van der Waals surface area contributed by atoms with Gasteiger partial charge in [0.15, 0.2) is 10.9 Å². The molecule has 0 spiro atoms. The van der Waals surface area contributed by atoms with Gasteiger partial charge < -0.3 is 10.1 Å². The van der Waals surface area contributed by atoms with E-state index >= 15 is 0 Å². The van der Waals surface area contributed by atoms with E-state index in [0.29, 0.717) is 47.6 Å². The average Bonchev–Trinajstić information content (AvgIpc) is 3.32. The molecular formula is C24H23N3O4S. The van der Waals surface area contributed by atoms with Gasteiger partial charge in [-0.25, -0.2) is 4.98 Å². The van der Waals surface area contributed by atoms with Crippen LogP contribution in [0.3, 0.4) is 0 Å². The molecule has 1 atom stereocenters. The summed E-state index contributed by atoms with van der Waals surface area (Å²) in [4.78, 5) is 42.3. The molecule has 3 aromatic rings. The van der Waals surface area contributed by atoms with E-state index in [2.05, 4.69) is 5.32 Å². The van der Waals surface area contributed by atoms with Gasteiger partial charge in [-0.15, -0.1) is 0 Å². The number of Topliss-reactive ketones (excluding diaryl/α,β-unsaturated/α-hetero) is 1. The molecule has 2 aliphatic heterocycles. The first-order chi connectivity index (χ1) is 15.6. The highest BCUT2D eigenvalue weighted by Crippen LogP contribution is 2.26. The molecule has 1 amide bonds. The van der Waals surface area contributed by atoms with Crippen molar-refractivity contribution in [2.75, 3.05) is 17.7 Å². The summed E-state index contributed by atoms with van der Waals surface area (Å²) in [5.41, 5.74) is 2.86. The molecule has 0 saturated carbocycles. The number of thioether (sulfide) groups is 1. The Morgan fingerprint density at radius 3 is 2.91 bits per heavy atom. The van der Waals surface area contributed by atoms with Crippen molar-refractivity contribution >= 4 is 40.0 Å². The number of ketones is 1. The quantitative estimate of drug-likeness (QED) is 0.352. The summed E-state index contributed by atoms with van der Waals surface area (Å²) in [6.07, 6.45) is 2.94. The number of hydrogen-bond donors (Lipinski definition) is 1. The van der Waals surface area contributed by atoms with Gasteiger partial charge >= 0.3 is 0 Å². The largest absolute Gasteiger partial charge is 0.376 e. The molecule has 1 fully saturated rings. The molecule has 2 aromatic carbocycles. The number of benzene rings is 2. The molecule has 2 aliphatic rings. The van der Waals surface area contributed by atoms with Crippen LogP contribution in [0, 0.1) is 0 Å². The predicted molar refractivity (Wildman–Crippen MR) is 123 cm³/mol. The van der Waals surface area contributed by atoms with Gasteiger partial charge in [0.25, 0.3) is 5.56 Å². The molecule has 1 saturated heterocycles. The van der Waals surface area contributed by atoms with Crippen molar-refractivity contribution in [2.24, 2.45) is 0 Å². The second-order valence-electron chi connectivity index (χ2n) is 8.09. The van der Waals surface area contributed by atoms with Crippen molar-refractivity contribution in [1.82, 2.24) is 9.55 Å². The number of aromatic nitrogens is 2. The molecule has 0 radical (unpaired) electrons. The van der Waals surface area contributed by atoms with Crippen LogP contribution in [0.1, 0.15) is 35.2 Å². The summed E-state index contributed by atoms with van der Waals surface area (Å²) in [7, 11) is 0. The van der Waals surface area contributed by atoms with Gasteiger partial charge in [-0.1, -0.05) is 23.9 Å². The number of anilines is 1. The molecule has 7 nitrogen and oxygen atoms in total. The van der Waals surface area contributed by atoms with Crippen LogP contribution in [0.2, 0.25) is 0 Å². The second-order valence-corrected chi connectivity index (χ2v) is 9.04. The number of carbonyl (C=O) groups is 2. The zero-order chi connectivity index (χ0) is 22.1. The lowest BCUT2D eigenvalue weighted by Gasteiger charge is -2.18. The van der Waals surface area contributed by atoms with Crippen LogP contribution in [0.5, 0.6) is 0 Å². The smallest absolute Gasteiger partial charge is 0.262 e. The molecule has 1 unspecified atom stereocenters. The lowest BCUT2D eigenvalue weighted by molar-refractivity contribution is -0.116. The van der Waals surface area contributed by atoms with E-state index < -0.39 is 0 Å². The molecule has 3 heterocycles. The summed E-state index contributed by atoms with van der Waals surface area (Å²) in [6, 6.07) is 12.7. The number of ether oxygens (including phenoxy) is 1. The molecule has 32 heavy (non-hydrogen) atoms. The maximum Gasteiger partial charge on any atom is 0.262 e. The lowest BCUT2D eigenvalue weighted by Crippen LogP contribution is -2.29. The van der Waals surface area contributed by atoms with Gasteiger partial charge in [0, 0.05) is 24.3 Å². The highest BCUT2D eigenvalue weighted by atomic mass is 32.2. The zero-order valence-electron chi connectivity index (χ0n) is 17.5. The van der Waals surface area contributed by atoms with E-state index in [9.17, 15) is 14.4 Å². The SMILES string of the molecule is O=C1CCc2cc(C(=O)CSc3nc4ccccc4c(=O)n3CC3CCCO3)ccc2N1. The Morgan fingerprint density at radius 2 is 2.06 bits per heavy atom. The molecule has 8 heteroatoms. The van der Waals surface area contributed by atoms with Gasteiger partial charge in [-0.3, -0.25) is 19.0 Å². The van der Waals surface area contributed by atoms with E-state index in [1.165, 1.54) is 11.8 Å². The topological polar surface area (TPSA) is 90.3 Å². The summed E-state index contributed by atoms with van der Waals surface area (Å²) in [5.74, 6) is 0.126. The first kappa shape index (κ1) is 20.9. The maximum atomic E-state index is 13.2. The first-order valence-electron chi connectivity index (χ1n) is 10.8. The third-order valence-corrected chi connectivity index (χ3v) is 6.87. The van der Waals surface area contributed by atoms with E-state index in [-0.39, 0.29) is 29.1 Å². The van der Waals surface area contributed by atoms with E-state index in [0.717, 1.165) is 24.1 Å². The Hall–Kier alpha value is -2.97. The van der Waals surface area contributed by atoms with E-state index in [1.54, 1.807) is 22.8 Å². The van der Waals surface area contributed by atoms with Gasteiger partial charge in [-0.05, 0) is 55.2 Å². The Bertz CT molecular complexity index is 1260. The van der Waals surface area contributed by atoms with Crippen LogP contribution in [0.25, 0.3) is 10.9 Å². The van der Waals surface area contributed by atoms with Crippen LogP contribution in [0.15, 0.2) is 52.4 Å². The Labute approximate surface area is 189 Å². The number of para-hydroxylation sites is 1. The van der Waals surface area contributed by atoms with Crippen molar-refractivity contribution in [3.63, 3.8) is 0 Å². The number of fused-ring (bicyclic) bond motifs is 2. The Kier molecular flexibility index (Phi) is 5.80. The Balaban J connectivity index is 1.40. The third-order valence-electron chi connectivity index (χ3n) is 5.89. The van der Waals surface area contributed by atoms with Crippen molar-refractivity contribution in [2.45, 2.75) is 43.5 Å². The number of hydrogen-bond acceptors (Lipinski definition) is 6. The van der Waals surface area contributed by atoms with Gasteiger partial charge in [0.05, 0.1) is 29.3 Å². The maximum absolute atomic E-state index is 13.2. The monoisotopic (exact) mass is 449 g/mol. The van der Waals surface area contributed by atoms with E-state index in [4.69, 9.17) is 9.72 Å². The van der Waals surface area contributed by atoms with Crippen LogP contribution < -0.4 is 10.9 Å². The van der Waals surface area contributed by atoms with Crippen molar-refractivity contribution in [1.29, 1.82) is 0 Å². The molecule has 0 bridgehead atoms. The highest BCUT2D eigenvalue weighted by Gasteiger charge is 2.21. The lowest BCUT2D eigenvalue weighted by atomic mass is 9.99. The Morgan fingerprint density at radius 1 is 1.19 bits per heavy atom. The predicted octanol–water partition coefficient (Wildman–Crippen LogP) is 3.44. The summed E-state index contributed by atoms with van der Waals surface area (Å²) in [6.45, 7) is 1.14. The van der Waals surface area contributed by atoms with Gasteiger partial charge in [-0.2, -0.15) is 0 Å². The molecule has 0 aliphatic carbocycles. The minimum absolute atomic E-state index is 0.00118. The van der Waals surface area contributed by atoms with Crippen molar-refractivity contribution < 1.29 is 14.3 Å². The molecule has 1 aromatic heterocycles. The second kappa shape index (κ2) is 8.88. The minimum Gasteiger partial charge on any atom is -0.376 e. The summed E-state index contributed by atoms with van der Waals surface area (Å²) < 4.78 is 7.39. The average molecular weight is 450 g/mol. The summed E-state index contributed by atoms with van der Waals surface area (Å²) >= 11 is 1.28. The van der Waals surface area contributed by atoms with Crippen molar-refractivity contribution in [3.8, 4) is 0 Å². The van der Waals surface area contributed by atoms with Gasteiger partial charge in [0.2, 0.25) is 5.91 Å². The van der Waals surface area contributed by atoms with Crippen LogP contribution >= 0.6 is 11.8 Å². The van der Waals surface area contributed by atoms with Crippen molar-refractivity contribution in [3.05, 3.63) is 63.9 Å². The fraction of sp³-hybridized carbons (Fsp3) is 0.333. The molecule has 1 N–H and O–H groups in total. The molecule has 5 rings (SSSR count). The highest BCUT2D eigenvalue weighted by molar-refractivity contribution is 7.99. The third kappa shape index (κ3) is 4.20.